The van der Waals surface area contributed by atoms with Crippen molar-refractivity contribution >= 4 is 12.6 Å². The van der Waals surface area contributed by atoms with Gasteiger partial charge in [-0.2, -0.15) is 0 Å². The molecule has 3 fully saturated rings. The quantitative estimate of drug-likeness (QED) is 0.796. The van der Waals surface area contributed by atoms with E-state index >= 15 is 0 Å². The van der Waals surface area contributed by atoms with Crippen LogP contribution in [0.15, 0.2) is 12.1 Å². The zero-order valence-electron chi connectivity index (χ0n) is 15.0. The summed E-state index contributed by atoms with van der Waals surface area (Å²) in [6.45, 7) is 10.1. The molecule has 24 heavy (non-hydrogen) atoms. The Morgan fingerprint density at radius 2 is 1.67 bits per heavy atom. The maximum absolute atomic E-state index is 6.23. The highest BCUT2D eigenvalue weighted by atomic mass is 16.7. The van der Waals surface area contributed by atoms with Crippen molar-refractivity contribution in [1.29, 1.82) is 0 Å². The summed E-state index contributed by atoms with van der Waals surface area (Å²) >= 11 is 0. The van der Waals surface area contributed by atoms with Crippen LogP contribution >= 0.6 is 0 Å². The number of ether oxygens (including phenoxy) is 2. The van der Waals surface area contributed by atoms with Gasteiger partial charge >= 0.3 is 7.12 Å². The Hall–Kier alpha value is -0.945. The van der Waals surface area contributed by atoms with Crippen LogP contribution in [-0.2, 0) is 18.8 Å². The van der Waals surface area contributed by atoms with Gasteiger partial charge in [-0.3, -0.25) is 4.98 Å². The van der Waals surface area contributed by atoms with Gasteiger partial charge in [0.05, 0.1) is 36.7 Å². The first kappa shape index (κ1) is 16.5. The minimum atomic E-state index is -0.362. The molecule has 4 rings (SSSR count). The summed E-state index contributed by atoms with van der Waals surface area (Å²) in [6.07, 6.45) is 2.32. The molecule has 1 atom stereocenters. The highest BCUT2D eigenvalue weighted by Gasteiger charge is 2.52. The fraction of sp³-hybridized carbons (Fsp3) is 0.722. The summed E-state index contributed by atoms with van der Waals surface area (Å²) in [5.74, 6) is 0.565. The van der Waals surface area contributed by atoms with Gasteiger partial charge < -0.3 is 18.8 Å². The van der Waals surface area contributed by atoms with Crippen LogP contribution in [0.5, 0.6) is 0 Å². The van der Waals surface area contributed by atoms with Crippen LogP contribution in [-0.4, -0.2) is 43.1 Å². The van der Waals surface area contributed by atoms with Gasteiger partial charge in [-0.1, -0.05) is 0 Å². The van der Waals surface area contributed by atoms with Crippen LogP contribution in [0.1, 0.15) is 63.9 Å². The Morgan fingerprint density at radius 1 is 1.00 bits per heavy atom. The Kier molecular flexibility index (Phi) is 3.99. The van der Waals surface area contributed by atoms with Crippen molar-refractivity contribution < 1.29 is 18.8 Å². The van der Waals surface area contributed by atoms with E-state index < -0.39 is 0 Å². The van der Waals surface area contributed by atoms with Gasteiger partial charge in [0.2, 0.25) is 0 Å². The Balaban J connectivity index is 1.66. The third kappa shape index (κ3) is 3.01. The maximum Gasteiger partial charge on any atom is 0.494 e. The maximum atomic E-state index is 6.23. The first-order valence-corrected chi connectivity index (χ1v) is 8.92. The zero-order valence-corrected chi connectivity index (χ0v) is 15.0. The van der Waals surface area contributed by atoms with Crippen LogP contribution in [0, 0.1) is 0 Å². The molecule has 1 aromatic rings. The third-order valence-electron chi connectivity index (χ3n) is 5.55. The minimum absolute atomic E-state index is 0.0985. The lowest BCUT2D eigenvalue weighted by atomic mass is 9.78. The molecule has 130 valence electrons. The van der Waals surface area contributed by atoms with Gasteiger partial charge in [0.25, 0.3) is 0 Å². The lowest BCUT2D eigenvalue weighted by Gasteiger charge is -2.32. The standard InChI is InChI=1S/C18H26BNO4/c1-17(2)18(3,4)24-19(23-17)13-9-14(12-5-6-12)20-15(10-13)16-11-21-7-8-22-16/h9-10,12,16H,5-8,11H2,1-4H3. The van der Waals surface area contributed by atoms with Gasteiger partial charge in [0, 0.05) is 11.6 Å². The van der Waals surface area contributed by atoms with Gasteiger partial charge in [-0.15, -0.1) is 0 Å². The summed E-state index contributed by atoms with van der Waals surface area (Å²) in [5.41, 5.74) is 2.42. The second-order valence-electron chi connectivity index (χ2n) is 8.05. The smallest absolute Gasteiger partial charge is 0.399 e. The third-order valence-corrected chi connectivity index (χ3v) is 5.55. The molecule has 5 nitrogen and oxygen atoms in total. The number of aromatic nitrogens is 1. The van der Waals surface area contributed by atoms with Crippen LogP contribution in [0.2, 0.25) is 0 Å². The van der Waals surface area contributed by atoms with E-state index in [1.54, 1.807) is 0 Å². The molecule has 3 heterocycles. The molecule has 2 aliphatic heterocycles. The first-order chi connectivity index (χ1) is 11.4. The second-order valence-corrected chi connectivity index (χ2v) is 8.05. The molecule has 1 aliphatic carbocycles. The molecule has 0 bridgehead atoms. The highest BCUT2D eigenvalue weighted by molar-refractivity contribution is 6.62. The van der Waals surface area contributed by atoms with Crippen LogP contribution in [0.3, 0.4) is 0 Å². The van der Waals surface area contributed by atoms with Crippen molar-refractivity contribution in [2.24, 2.45) is 0 Å². The number of hydrogen-bond donors (Lipinski definition) is 0. The molecule has 0 amide bonds. The first-order valence-electron chi connectivity index (χ1n) is 8.92. The Bertz CT molecular complexity index is 607. The van der Waals surface area contributed by atoms with Crippen LogP contribution in [0.25, 0.3) is 0 Å². The molecule has 0 radical (unpaired) electrons. The molecule has 1 aromatic heterocycles. The predicted molar refractivity (Wildman–Crippen MR) is 91.4 cm³/mol. The normalized spacial score (nSPS) is 29.0. The summed E-state index contributed by atoms with van der Waals surface area (Å²) in [4.78, 5) is 4.85. The highest BCUT2D eigenvalue weighted by Crippen LogP contribution is 2.40. The summed E-state index contributed by atoms with van der Waals surface area (Å²) in [6, 6.07) is 4.21. The molecule has 0 spiro atoms. The van der Waals surface area contributed by atoms with E-state index in [0.29, 0.717) is 25.7 Å². The SMILES string of the molecule is CC1(C)OB(c2cc(C3CC3)nc(C3COCCO3)c2)OC1(C)C. The molecule has 6 heteroatoms. The van der Waals surface area contributed by atoms with E-state index in [4.69, 9.17) is 23.8 Å². The van der Waals surface area contributed by atoms with Crippen molar-refractivity contribution in [3.63, 3.8) is 0 Å². The average molecular weight is 331 g/mol. The minimum Gasteiger partial charge on any atom is -0.399 e. The van der Waals surface area contributed by atoms with Crippen LogP contribution in [0.4, 0.5) is 0 Å². The summed E-state index contributed by atoms with van der Waals surface area (Å²) in [5, 5.41) is 0. The molecule has 2 saturated heterocycles. The van der Waals surface area contributed by atoms with Crippen molar-refractivity contribution in [2.75, 3.05) is 19.8 Å². The van der Waals surface area contributed by atoms with Gasteiger partial charge in [0.15, 0.2) is 0 Å². The van der Waals surface area contributed by atoms with Gasteiger partial charge in [-0.25, -0.2) is 0 Å². The van der Waals surface area contributed by atoms with Crippen molar-refractivity contribution in [2.45, 2.75) is 63.8 Å². The van der Waals surface area contributed by atoms with Crippen molar-refractivity contribution in [1.82, 2.24) is 4.98 Å². The number of nitrogens with zero attached hydrogens (tertiary/aromatic N) is 1. The lowest BCUT2D eigenvalue weighted by Crippen LogP contribution is -2.41. The summed E-state index contributed by atoms with van der Waals surface area (Å²) < 4.78 is 23.9. The van der Waals surface area contributed by atoms with E-state index in [1.807, 2.05) is 0 Å². The van der Waals surface area contributed by atoms with Crippen molar-refractivity contribution in [3.8, 4) is 0 Å². The fourth-order valence-corrected chi connectivity index (χ4v) is 3.12. The molecule has 0 N–H and O–H groups in total. The Morgan fingerprint density at radius 3 is 2.25 bits per heavy atom. The topological polar surface area (TPSA) is 49.8 Å². The predicted octanol–water partition coefficient (Wildman–Crippen LogP) is 2.35. The van der Waals surface area contributed by atoms with E-state index in [2.05, 4.69) is 39.8 Å². The van der Waals surface area contributed by atoms with E-state index in [1.165, 1.54) is 12.8 Å². The van der Waals surface area contributed by atoms with Crippen molar-refractivity contribution in [3.05, 3.63) is 23.5 Å². The number of pyridine rings is 1. The lowest BCUT2D eigenvalue weighted by molar-refractivity contribution is -0.0918. The van der Waals surface area contributed by atoms with Gasteiger partial charge in [-0.05, 0) is 58.1 Å². The molecular formula is C18H26BNO4. The van der Waals surface area contributed by atoms with E-state index in [9.17, 15) is 0 Å². The molecule has 3 aliphatic rings. The molecule has 1 unspecified atom stereocenters. The number of hydrogen-bond acceptors (Lipinski definition) is 5. The largest absolute Gasteiger partial charge is 0.494 e. The fourth-order valence-electron chi connectivity index (χ4n) is 3.12. The summed E-state index contributed by atoms with van der Waals surface area (Å²) in [7, 11) is -0.362. The zero-order chi connectivity index (χ0) is 16.9. The average Bonchev–Trinajstić information content (AvgIpc) is 3.36. The number of rotatable bonds is 3. The van der Waals surface area contributed by atoms with E-state index in [0.717, 1.165) is 16.9 Å². The Labute approximate surface area is 144 Å². The van der Waals surface area contributed by atoms with E-state index in [-0.39, 0.29) is 24.4 Å². The second kappa shape index (κ2) is 5.80. The molecule has 1 saturated carbocycles. The monoisotopic (exact) mass is 331 g/mol. The van der Waals surface area contributed by atoms with Gasteiger partial charge in [0.1, 0.15) is 6.10 Å². The molecule has 0 aromatic carbocycles. The van der Waals surface area contributed by atoms with Crippen LogP contribution < -0.4 is 5.46 Å². The molecular weight excluding hydrogens is 305 g/mol.